The summed E-state index contributed by atoms with van der Waals surface area (Å²) < 4.78 is 12.9. The predicted molar refractivity (Wildman–Crippen MR) is 148 cm³/mol. The highest BCUT2D eigenvalue weighted by Gasteiger charge is 2.52. The Bertz CT molecular complexity index is 1030. The van der Waals surface area contributed by atoms with E-state index < -0.39 is 18.3 Å². The topological polar surface area (TPSA) is 44.5 Å². The van der Waals surface area contributed by atoms with Crippen LogP contribution in [0.15, 0.2) is 30.3 Å². The van der Waals surface area contributed by atoms with E-state index in [1.54, 1.807) is 0 Å². The normalized spacial score (nSPS) is 18.4. The lowest BCUT2D eigenvalue weighted by Crippen LogP contribution is -2.41. The summed E-state index contributed by atoms with van der Waals surface area (Å²) in [4.78, 5) is 0. The van der Waals surface area contributed by atoms with Crippen LogP contribution in [0.3, 0.4) is 0 Å². The van der Waals surface area contributed by atoms with Crippen LogP contribution >= 0.6 is 0 Å². The van der Waals surface area contributed by atoms with Crippen molar-refractivity contribution in [1.82, 2.24) is 0 Å². The molecule has 2 aromatic rings. The molecule has 2 aromatic carbocycles. The van der Waals surface area contributed by atoms with Crippen LogP contribution in [0.5, 0.6) is 0 Å². The molecule has 34 heavy (non-hydrogen) atoms. The summed E-state index contributed by atoms with van der Waals surface area (Å²) in [6, 6.07) is 11.4. The maximum Gasteiger partial charge on any atom is 0.496 e. The van der Waals surface area contributed by atoms with Gasteiger partial charge in [-0.05, 0) is 72.3 Å². The molecule has 0 spiro atoms. The first-order valence-electron chi connectivity index (χ1n) is 12.6. The summed E-state index contributed by atoms with van der Waals surface area (Å²) in [5.74, 6) is 0. The van der Waals surface area contributed by atoms with Crippen LogP contribution in [-0.4, -0.2) is 18.3 Å². The maximum absolute atomic E-state index is 6.94. The Labute approximate surface area is 209 Å². The molecule has 0 saturated carbocycles. The summed E-state index contributed by atoms with van der Waals surface area (Å²) in [5.41, 5.74) is 13.8. The molecule has 0 amide bonds. The fraction of sp³-hybridized carbons (Fsp3) is 0.600. The summed E-state index contributed by atoms with van der Waals surface area (Å²) >= 11 is 0. The lowest BCUT2D eigenvalue weighted by atomic mass is 9.72. The van der Waals surface area contributed by atoms with E-state index in [0.29, 0.717) is 0 Å². The molecule has 1 aliphatic rings. The standard InChI is InChI=1S/C30H46BNO2/c1-26(2,3)20-14-19(15-21(16-20)27(4,5)6)23-17-22(28(7,8)9)18-24(25(23)32)31-33-29(10,11)30(12,13)34-31/h14-18H,32H2,1-13H3. The smallest absolute Gasteiger partial charge is 0.399 e. The van der Waals surface area contributed by atoms with Crippen LogP contribution in [0.2, 0.25) is 0 Å². The van der Waals surface area contributed by atoms with E-state index in [-0.39, 0.29) is 16.2 Å². The molecular weight excluding hydrogens is 417 g/mol. The molecule has 0 aromatic heterocycles. The van der Waals surface area contributed by atoms with Gasteiger partial charge in [-0.15, -0.1) is 0 Å². The van der Waals surface area contributed by atoms with Crippen molar-refractivity contribution < 1.29 is 9.31 Å². The number of nitrogens with two attached hydrogens (primary N) is 1. The third-order valence-electron chi connectivity index (χ3n) is 7.56. The Morgan fingerprint density at radius 3 is 1.38 bits per heavy atom. The first-order chi connectivity index (χ1) is 15.1. The van der Waals surface area contributed by atoms with Gasteiger partial charge in [0.15, 0.2) is 0 Å². The number of anilines is 1. The predicted octanol–water partition coefficient (Wildman–Crippen LogP) is 7.13. The molecule has 186 valence electrons. The molecule has 1 fully saturated rings. The minimum atomic E-state index is -0.501. The minimum absolute atomic E-state index is 0.0287. The zero-order valence-corrected chi connectivity index (χ0v) is 23.9. The molecular formula is C30H46BNO2. The molecule has 3 rings (SSSR count). The van der Waals surface area contributed by atoms with Crippen LogP contribution in [0.25, 0.3) is 11.1 Å². The quantitative estimate of drug-likeness (QED) is 0.381. The molecule has 0 aliphatic carbocycles. The molecule has 1 saturated heterocycles. The second-order valence-electron chi connectivity index (χ2n) is 14.2. The van der Waals surface area contributed by atoms with E-state index in [1.807, 2.05) is 0 Å². The Morgan fingerprint density at radius 1 is 0.618 bits per heavy atom. The van der Waals surface area contributed by atoms with Gasteiger partial charge in [0.25, 0.3) is 0 Å². The van der Waals surface area contributed by atoms with Crippen LogP contribution in [0.1, 0.15) is 107 Å². The molecule has 0 atom stereocenters. The van der Waals surface area contributed by atoms with Crippen molar-refractivity contribution in [2.45, 2.75) is 117 Å². The van der Waals surface area contributed by atoms with Gasteiger partial charge in [0.1, 0.15) is 0 Å². The second-order valence-corrected chi connectivity index (χ2v) is 14.2. The lowest BCUT2D eigenvalue weighted by Gasteiger charge is -2.32. The van der Waals surface area contributed by atoms with Crippen molar-refractivity contribution in [1.29, 1.82) is 0 Å². The number of nitrogen functional groups attached to an aromatic ring is 1. The van der Waals surface area contributed by atoms with Crippen LogP contribution in [-0.2, 0) is 25.6 Å². The van der Waals surface area contributed by atoms with Crippen LogP contribution in [0.4, 0.5) is 5.69 Å². The molecule has 0 radical (unpaired) electrons. The van der Waals surface area contributed by atoms with E-state index in [4.69, 9.17) is 15.0 Å². The Hall–Kier alpha value is -1.78. The van der Waals surface area contributed by atoms with Gasteiger partial charge in [-0.25, -0.2) is 0 Å². The van der Waals surface area contributed by atoms with Gasteiger partial charge >= 0.3 is 7.12 Å². The summed E-state index contributed by atoms with van der Waals surface area (Å²) in [5, 5.41) is 0. The number of hydrogen-bond donors (Lipinski definition) is 1. The summed E-state index contributed by atoms with van der Waals surface area (Å²) in [7, 11) is -0.501. The first-order valence-corrected chi connectivity index (χ1v) is 12.6. The first kappa shape index (κ1) is 26.8. The molecule has 1 aliphatic heterocycles. The van der Waals surface area contributed by atoms with Crippen molar-refractivity contribution in [2.24, 2.45) is 0 Å². The third-order valence-corrected chi connectivity index (χ3v) is 7.56. The number of hydrogen-bond acceptors (Lipinski definition) is 3. The average Bonchev–Trinajstić information content (AvgIpc) is 2.86. The summed E-state index contributed by atoms with van der Waals surface area (Å²) in [6.07, 6.45) is 0. The van der Waals surface area contributed by atoms with Gasteiger partial charge in [0.2, 0.25) is 0 Å². The van der Waals surface area contributed by atoms with E-state index in [0.717, 1.165) is 22.3 Å². The highest BCUT2D eigenvalue weighted by atomic mass is 16.7. The molecule has 0 unspecified atom stereocenters. The lowest BCUT2D eigenvalue weighted by molar-refractivity contribution is 0.00578. The van der Waals surface area contributed by atoms with E-state index >= 15 is 0 Å². The molecule has 0 bridgehead atoms. The van der Waals surface area contributed by atoms with Crippen molar-refractivity contribution >= 4 is 18.3 Å². The second kappa shape index (κ2) is 8.13. The molecule has 2 N–H and O–H groups in total. The van der Waals surface area contributed by atoms with Crippen molar-refractivity contribution in [2.75, 3.05) is 5.73 Å². The zero-order chi connectivity index (χ0) is 26.1. The molecule has 3 nitrogen and oxygen atoms in total. The largest absolute Gasteiger partial charge is 0.496 e. The van der Waals surface area contributed by atoms with E-state index in [2.05, 4.69) is 120 Å². The van der Waals surface area contributed by atoms with Gasteiger partial charge in [-0.3, -0.25) is 0 Å². The fourth-order valence-corrected chi connectivity index (χ4v) is 4.16. The van der Waals surface area contributed by atoms with Crippen LogP contribution in [0, 0.1) is 0 Å². The van der Waals surface area contributed by atoms with Gasteiger partial charge in [-0.2, -0.15) is 0 Å². The van der Waals surface area contributed by atoms with Gasteiger partial charge < -0.3 is 15.0 Å². The zero-order valence-electron chi connectivity index (χ0n) is 23.9. The fourth-order valence-electron chi connectivity index (χ4n) is 4.16. The van der Waals surface area contributed by atoms with Crippen molar-refractivity contribution in [3.05, 3.63) is 47.0 Å². The van der Waals surface area contributed by atoms with Gasteiger partial charge in [0, 0.05) is 16.7 Å². The van der Waals surface area contributed by atoms with Gasteiger partial charge in [-0.1, -0.05) is 86.6 Å². The van der Waals surface area contributed by atoms with Gasteiger partial charge in [0.05, 0.1) is 11.2 Å². The maximum atomic E-state index is 6.94. The number of rotatable bonds is 2. The highest BCUT2D eigenvalue weighted by Crippen LogP contribution is 2.40. The Kier molecular flexibility index (Phi) is 6.42. The number of benzene rings is 2. The van der Waals surface area contributed by atoms with Crippen molar-refractivity contribution in [3.8, 4) is 11.1 Å². The average molecular weight is 464 g/mol. The monoisotopic (exact) mass is 463 g/mol. The Balaban J connectivity index is 2.31. The molecule has 4 heteroatoms. The third kappa shape index (κ3) is 5.09. The van der Waals surface area contributed by atoms with Crippen LogP contribution < -0.4 is 11.2 Å². The molecule has 1 heterocycles. The minimum Gasteiger partial charge on any atom is -0.399 e. The SMILES string of the molecule is CC(C)(C)c1cc(-c2cc(C(C)(C)C)cc(B3OC(C)(C)C(C)(C)O3)c2N)cc(C(C)(C)C)c1. The highest BCUT2D eigenvalue weighted by molar-refractivity contribution is 6.64. The van der Waals surface area contributed by atoms with E-state index in [1.165, 1.54) is 16.7 Å². The summed E-state index contributed by atoms with van der Waals surface area (Å²) in [6.45, 7) is 28.7. The van der Waals surface area contributed by atoms with Crippen molar-refractivity contribution in [3.63, 3.8) is 0 Å². The van der Waals surface area contributed by atoms with E-state index in [9.17, 15) is 0 Å². The Morgan fingerprint density at radius 2 is 1.00 bits per heavy atom.